The first-order chi connectivity index (χ1) is 8.51. The van der Waals surface area contributed by atoms with Gasteiger partial charge in [-0.2, -0.15) is 0 Å². The molecule has 0 aliphatic carbocycles. The lowest BCUT2D eigenvalue weighted by atomic mass is 9.99. The number of nitrogens with two attached hydrogens (primary N) is 1. The zero-order valence-corrected chi connectivity index (χ0v) is 11.5. The minimum absolute atomic E-state index is 0.241. The molecule has 18 heavy (non-hydrogen) atoms. The molecule has 1 atom stereocenters. The molecule has 0 saturated carbocycles. The van der Waals surface area contributed by atoms with Crippen molar-refractivity contribution in [1.29, 1.82) is 0 Å². The van der Waals surface area contributed by atoms with Crippen molar-refractivity contribution in [2.45, 2.75) is 33.7 Å². The van der Waals surface area contributed by atoms with Gasteiger partial charge in [0, 0.05) is 19.5 Å². The summed E-state index contributed by atoms with van der Waals surface area (Å²) in [6.45, 7) is 8.49. The van der Waals surface area contributed by atoms with Crippen molar-refractivity contribution >= 4 is 5.91 Å². The molecule has 98 valence electrons. The second kappa shape index (κ2) is 5.11. The van der Waals surface area contributed by atoms with Gasteiger partial charge in [-0.05, 0) is 49.9 Å². The summed E-state index contributed by atoms with van der Waals surface area (Å²) < 4.78 is 0. The normalized spacial score (nSPS) is 19.7. The molecule has 3 heteroatoms. The maximum atomic E-state index is 11.9. The number of hydrogen-bond donors (Lipinski definition) is 1. The van der Waals surface area contributed by atoms with Crippen molar-refractivity contribution in [3.05, 3.63) is 34.4 Å². The van der Waals surface area contributed by atoms with Gasteiger partial charge < -0.3 is 10.6 Å². The fraction of sp³-hybridized carbons (Fsp3) is 0.533. The highest BCUT2D eigenvalue weighted by Gasteiger charge is 2.28. The van der Waals surface area contributed by atoms with Crippen LogP contribution in [0.3, 0.4) is 0 Å². The summed E-state index contributed by atoms with van der Waals surface area (Å²) in [6, 6.07) is 4.37. The van der Waals surface area contributed by atoms with E-state index in [0.29, 0.717) is 18.9 Å². The third-order valence-electron chi connectivity index (χ3n) is 3.82. The van der Waals surface area contributed by atoms with Crippen LogP contribution in [0.25, 0.3) is 0 Å². The van der Waals surface area contributed by atoms with Gasteiger partial charge in [0.05, 0.1) is 0 Å². The van der Waals surface area contributed by atoms with Gasteiger partial charge in [0.2, 0.25) is 5.91 Å². The zero-order valence-electron chi connectivity index (χ0n) is 11.5. The molecule has 0 aromatic heterocycles. The van der Waals surface area contributed by atoms with Gasteiger partial charge in [-0.15, -0.1) is 0 Å². The lowest BCUT2D eigenvalue weighted by Crippen LogP contribution is -2.26. The van der Waals surface area contributed by atoms with E-state index in [1.54, 1.807) is 0 Å². The molecule has 0 radical (unpaired) electrons. The van der Waals surface area contributed by atoms with E-state index in [2.05, 4.69) is 32.9 Å². The molecular formula is C15H22N2O. The smallest absolute Gasteiger partial charge is 0.223 e. The first kappa shape index (κ1) is 13.1. The van der Waals surface area contributed by atoms with E-state index in [0.717, 1.165) is 13.1 Å². The molecule has 1 aromatic carbocycles. The third kappa shape index (κ3) is 2.56. The molecule has 1 saturated heterocycles. The molecular weight excluding hydrogens is 224 g/mol. The number of aryl methyl sites for hydroxylation is 3. The Labute approximate surface area is 109 Å². The van der Waals surface area contributed by atoms with Crippen LogP contribution in [-0.2, 0) is 11.3 Å². The molecule has 3 nitrogen and oxygen atoms in total. The quantitative estimate of drug-likeness (QED) is 0.885. The van der Waals surface area contributed by atoms with E-state index in [-0.39, 0.29) is 5.91 Å². The number of hydrogen-bond acceptors (Lipinski definition) is 2. The molecule has 1 aliphatic heterocycles. The number of nitrogens with zero attached hydrogens (tertiary/aromatic N) is 1. The van der Waals surface area contributed by atoms with Crippen LogP contribution in [0.2, 0.25) is 0 Å². The van der Waals surface area contributed by atoms with E-state index >= 15 is 0 Å². The molecule has 1 amide bonds. The Morgan fingerprint density at radius 2 is 1.89 bits per heavy atom. The Bertz CT molecular complexity index is 445. The van der Waals surface area contributed by atoms with E-state index in [9.17, 15) is 4.79 Å². The minimum atomic E-state index is 0.241. The Morgan fingerprint density at radius 3 is 2.39 bits per heavy atom. The van der Waals surface area contributed by atoms with Gasteiger partial charge in [0.15, 0.2) is 0 Å². The summed E-state index contributed by atoms with van der Waals surface area (Å²) >= 11 is 0. The van der Waals surface area contributed by atoms with Crippen molar-refractivity contribution in [2.24, 2.45) is 11.7 Å². The first-order valence-electron chi connectivity index (χ1n) is 6.55. The van der Waals surface area contributed by atoms with Gasteiger partial charge in [-0.3, -0.25) is 4.79 Å². The fourth-order valence-corrected chi connectivity index (χ4v) is 2.81. The van der Waals surface area contributed by atoms with E-state index < -0.39 is 0 Å². The van der Waals surface area contributed by atoms with E-state index in [4.69, 9.17) is 5.73 Å². The average molecular weight is 246 g/mol. The van der Waals surface area contributed by atoms with Crippen LogP contribution in [0, 0.1) is 26.7 Å². The lowest BCUT2D eigenvalue weighted by Gasteiger charge is -2.20. The highest BCUT2D eigenvalue weighted by atomic mass is 16.2. The van der Waals surface area contributed by atoms with Gasteiger partial charge in [0.1, 0.15) is 0 Å². The van der Waals surface area contributed by atoms with E-state index in [1.807, 2.05) is 4.90 Å². The van der Waals surface area contributed by atoms with Crippen LogP contribution in [0.1, 0.15) is 28.7 Å². The van der Waals surface area contributed by atoms with Crippen LogP contribution in [0.4, 0.5) is 0 Å². The highest BCUT2D eigenvalue weighted by Crippen LogP contribution is 2.23. The number of likely N-dealkylation sites (tertiary alicyclic amines) is 1. The first-order valence-corrected chi connectivity index (χ1v) is 6.55. The van der Waals surface area contributed by atoms with Gasteiger partial charge in [-0.25, -0.2) is 0 Å². The van der Waals surface area contributed by atoms with Crippen molar-refractivity contribution in [2.75, 3.05) is 13.1 Å². The Hall–Kier alpha value is -1.35. The van der Waals surface area contributed by atoms with Crippen molar-refractivity contribution in [3.63, 3.8) is 0 Å². The summed E-state index contributed by atoms with van der Waals surface area (Å²) in [5.74, 6) is 0.577. The summed E-state index contributed by atoms with van der Waals surface area (Å²) in [4.78, 5) is 13.9. The molecule has 0 bridgehead atoms. The van der Waals surface area contributed by atoms with Crippen LogP contribution >= 0.6 is 0 Å². The van der Waals surface area contributed by atoms with Crippen molar-refractivity contribution in [3.8, 4) is 0 Å². The standard InChI is InChI=1S/C15H22N2O/c1-10-4-11(2)14(12(3)5-10)9-17-8-13(7-16)6-15(17)18/h4-5,13H,6-9,16H2,1-3H3. The fourth-order valence-electron chi connectivity index (χ4n) is 2.81. The van der Waals surface area contributed by atoms with Crippen molar-refractivity contribution < 1.29 is 4.79 Å². The second-order valence-electron chi connectivity index (χ2n) is 5.46. The largest absolute Gasteiger partial charge is 0.338 e. The zero-order chi connectivity index (χ0) is 13.3. The summed E-state index contributed by atoms with van der Waals surface area (Å²) in [7, 11) is 0. The van der Waals surface area contributed by atoms with Crippen LogP contribution in [0.5, 0.6) is 0 Å². The number of carbonyl (C=O) groups excluding carboxylic acids is 1. The molecule has 1 heterocycles. The van der Waals surface area contributed by atoms with Crippen molar-refractivity contribution in [1.82, 2.24) is 4.90 Å². The number of rotatable bonds is 3. The van der Waals surface area contributed by atoms with E-state index in [1.165, 1.54) is 22.3 Å². The monoisotopic (exact) mass is 246 g/mol. The minimum Gasteiger partial charge on any atom is -0.338 e. The predicted molar refractivity (Wildman–Crippen MR) is 73.2 cm³/mol. The van der Waals surface area contributed by atoms with Crippen LogP contribution in [-0.4, -0.2) is 23.9 Å². The summed E-state index contributed by atoms with van der Waals surface area (Å²) in [5, 5.41) is 0. The molecule has 1 aliphatic rings. The Balaban J connectivity index is 2.17. The lowest BCUT2D eigenvalue weighted by molar-refractivity contribution is -0.128. The molecule has 0 spiro atoms. The molecule has 1 unspecified atom stereocenters. The van der Waals surface area contributed by atoms with Crippen LogP contribution in [0.15, 0.2) is 12.1 Å². The van der Waals surface area contributed by atoms with Gasteiger partial charge in [0.25, 0.3) is 0 Å². The SMILES string of the molecule is Cc1cc(C)c(CN2CC(CN)CC2=O)c(C)c1. The molecule has 2 N–H and O–H groups in total. The van der Waals surface area contributed by atoms with Gasteiger partial charge in [-0.1, -0.05) is 17.7 Å². The molecule has 2 rings (SSSR count). The summed E-state index contributed by atoms with van der Waals surface area (Å²) in [6.07, 6.45) is 0.612. The average Bonchev–Trinajstić information content (AvgIpc) is 2.64. The highest BCUT2D eigenvalue weighted by molar-refractivity contribution is 5.78. The topological polar surface area (TPSA) is 46.3 Å². The van der Waals surface area contributed by atoms with Gasteiger partial charge >= 0.3 is 0 Å². The molecule has 1 aromatic rings. The maximum absolute atomic E-state index is 11.9. The number of amides is 1. The third-order valence-corrected chi connectivity index (χ3v) is 3.82. The Morgan fingerprint density at radius 1 is 1.28 bits per heavy atom. The number of benzene rings is 1. The second-order valence-corrected chi connectivity index (χ2v) is 5.46. The van der Waals surface area contributed by atoms with Crippen LogP contribution < -0.4 is 5.73 Å². The Kier molecular flexibility index (Phi) is 3.71. The molecule has 1 fully saturated rings. The number of carbonyl (C=O) groups is 1. The maximum Gasteiger partial charge on any atom is 0.223 e. The summed E-state index contributed by atoms with van der Waals surface area (Å²) in [5.41, 5.74) is 10.8. The predicted octanol–water partition coefficient (Wildman–Crippen LogP) is 1.92.